The second kappa shape index (κ2) is 6.05. The minimum atomic E-state index is -0.121. The summed E-state index contributed by atoms with van der Waals surface area (Å²) in [5, 5.41) is 6.60. The van der Waals surface area contributed by atoms with Gasteiger partial charge in [-0.05, 0) is 45.1 Å². The molecule has 1 fully saturated rings. The Morgan fingerprint density at radius 1 is 1.22 bits per heavy atom. The molecular formula is C15H30N2O. The highest BCUT2D eigenvalue weighted by Gasteiger charge is 2.27. The fraction of sp³-hybridized carbons (Fsp3) is 0.933. The Labute approximate surface area is 112 Å². The van der Waals surface area contributed by atoms with Crippen LogP contribution in [0.1, 0.15) is 66.7 Å². The molecule has 1 saturated heterocycles. The van der Waals surface area contributed by atoms with Gasteiger partial charge in [-0.15, -0.1) is 0 Å². The first-order valence-corrected chi connectivity index (χ1v) is 7.22. The van der Waals surface area contributed by atoms with Crippen molar-refractivity contribution >= 4 is 5.91 Å². The highest BCUT2D eigenvalue weighted by molar-refractivity contribution is 5.77. The van der Waals surface area contributed by atoms with Crippen molar-refractivity contribution in [1.82, 2.24) is 10.6 Å². The van der Waals surface area contributed by atoms with Crippen molar-refractivity contribution in [3.63, 3.8) is 0 Å². The highest BCUT2D eigenvalue weighted by Crippen LogP contribution is 2.26. The lowest BCUT2D eigenvalue weighted by molar-refractivity contribution is -0.123. The van der Waals surface area contributed by atoms with E-state index in [1.54, 1.807) is 0 Å². The summed E-state index contributed by atoms with van der Waals surface area (Å²) >= 11 is 0. The summed E-state index contributed by atoms with van der Waals surface area (Å²) in [6.07, 6.45) is 5.23. The maximum absolute atomic E-state index is 12.1. The van der Waals surface area contributed by atoms with Crippen molar-refractivity contribution in [2.75, 3.05) is 6.54 Å². The molecule has 0 radical (unpaired) electrons. The molecule has 3 nitrogen and oxygen atoms in total. The van der Waals surface area contributed by atoms with E-state index in [0.29, 0.717) is 12.5 Å². The molecule has 0 bridgehead atoms. The monoisotopic (exact) mass is 254 g/mol. The maximum atomic E-state index is 12.1. The molecule has 1 unspecified atom stereocenters. The summed E-state index contributed by atoms with van der Waals surface area (Å²) in [5.41, 5.74) is 0.115. The third-order valence-electron chi connectivity index (χ3n) is 3.29. The predicted octanol–water partition coefficient (Wildman–Crippen LogP) is 2.85. The molecule has 1 atom stereocenters. The minimum absolute atomic E-state index is 0.121. The van der Waals surface area contributed by atoms with E-state index >= 15 is 0 Å². The normalized spacial score (nSPS) is 21.7. The van der Waals surface area contributed by atoms with Crippen LogP contribution in [-0.4, -0.2) is 24.0 Å². The molecule has 3 heteroatoms. The average molecular weight is 254 g/mol. The van der Waals surface area contributed by atoms with Crippen LogP contribution in [0.15, 0.2) is 0 Å². The molecule has 1 aliphatic rings. The van der Waals surface area contributed by atoms with Crippen molar-refractivity contribution in [1.29, 1.82) is 0 Å². The van der Waals surface area contributed by atoms with Gasteiger partial charge >= 0.3 is 0 Å². The Morgan fingerprint density at radius 3 is 2.39 bits per heavy atom. The van der Waals surface area contributed by atoms with Gasteiger partial charge in [-0.3, -0.25) is 4.79 Å². The Hall–Kier alpha value is -0.570. The standard InChI is InChI=1S/C15H30N2O/c1-14(2,3)11-15(4,5)17-13(18)10-12-8-6-7-9-16-12/h12,16H,6-11H2,1-5H3,(H,17,18). The van der Waals surface area contributed by atoms with E-state index in [1.165, 1.54) is 12.8 Å². The number of carbonyl (C=O) groups is 1. The lowest BCUT2D eigenvalue weighted by Gasteiger charge is -2.34. The van der Waals surface area contributed by atoms with Crippen LogP contribution >= 0.6 is 0 Å². The average Bonchev–Trinajstić information content (AvgIpc) is 2.13. The lowest BCUT2D eigenvalue weighted by Crippen LogP contribution is -2.48. The van der Waals surface area contributed by atoms with Crippen molar-refractivity contribution in [2.24, 2.45) is 5.41 Å². The van der Waals surface area contributed by atoms with Crippen LogP contribution in [-0.2, 0) is 4.79 Å². The van der Waals surface area contributed by atoms with Crippen LogP contribution < -0.4 is 10.6 Å². The Bertz CT molecular complexity index is 273. The molecule has 1 rings (SSSR count). The second-order valence-electron chi connectivity index (χ2n) is 7.52. The quantitative estimate of drug-likeness (QED) is 0.810. The molecule has 1 heterocycles. The van der Waals surface area contributed by atoms with Gasteiger partial charge in [-0.1, -0.05) is 27.2 Å². The van der Waals surface area contributed by atoms with E-state index in [1.807, 2.05) is 0 Å². The van der Waals surface area contributed by atoms with Crippen LogP contribution in [0, 0.1) is 5.41 Å². The van der Waals surface area contributed by atoms with Crippen LogP contribution in [0.2, 0.25) is 0 Å². The zero-order chi connectivity index (χ0) is 13.8. The Kier molecular flexibility index (Phi) is 5.20. The van der Waals surface area contributed by atoms with Crippen LogP contribution in [0.5, 0.6) is 0 Å². The van der Waals surface area contributed by atoms with Gasteiger partial charge in [0, 0.05) is 18.0 Å². The molecule has 0 aromatic heterocycles. The lowest BCUT2D eigenvalue weighted by atomic mass is 9.81. The SMILES string of the molecule is CC(C)(C)CC(C)(C)NC(=O)CC1CCCCN1. The van der Waals surface area contributed by atoms with Gasteiger partial charge in [0.2, 0.25) is 5.91 Å². The number of hydrogen-bond acceptors (Lipinski definition) is 2. The summed E-state index contributed by atoms with van der Waals surface area (Å²) in [6, 6.07) is 0.379. The van der Waals surface area contributed by atoms with Crippen molar-refractivity contribution < 1.29 is 4.79 Å². The number of piperidine rings is 1. The minimum Gasteiger partial charge on any atom is -0.351 e. The van der Waals surface area contributed by atoms with E-state index in [0.717, 1.165) is 19.4 Å². The molecule has 0 saturated carbocycles. The largest absolute Gasteiger partial charge is 0.351 e. The molecule has 0 aromatic rings. The number of nitrogens with one attached hydrogen (secondary N) is 2. The van der Waals surface area contributed by atoms with Gasteiger partial charge in [0.25, 0.3) is 0 Å². The first-order valence-electron chi connectivity index (χ1n) is 7.22. The van der Waals surface area contributed by atoms with Crippen molar-refractivity contribution in [3.05, 3.63) is 0 Å². The topological polar surface area (TPSA) is 41.1 Å². The van der Waals surface area contributed by atoms with E-state index < -0.39 is 0 Å². The summed E-state index contributed by atoms with van der Waals surface area (Å²) in [6.45, 7) is 11.9. The highest BCUT2D eigenvalue weighted by atomic mass is 16.1. The molecule has 0 spiro atoms. The van der Waals surface area contributed by atoms with Crippen LogP contribution in [0.4, 0.5) is 0 Å². The summed E-state index contributed by atoms with van der Waals surface area (Å²) in [7, 11) is 0. The first-order chi connectivity index (χ1) is 8.18. The molecule has 2 N–H and O–H groups in total. The summed E-state index contributed by atoms with van der Waals surface area (Å²) in [4.78, 5) is 12.1. The van der Waals surface area contributed by atoms with Crippen molar-refractivity contribution in [3.8, 4) is 0 Å². The fourth-order valence-electron chi connectivity index (χ4n) is 3.12. The molecule has 1 amide bonds. The predicted molar refractivity (Wildman–Crippen MR) is 76.6 cm³/mol. The molecule has 1 aliphatic heterocycles. The molecule has 18 heavy (non-hydrogen) atoms. The molecule has 0 aromatic carbocycles. The third-order valence-corrected chi connectivity index (χ3v) is 3.29. The Morgan fingerprint density at radius 2 is 1.89 bits per heavy atom. The van der Waals surface area contributed by atoms with E-state index in [4.69, 9.17) is 0 Å². The van der Waals surface area contributed by atoms with Gasteiger partial charge in [0.05, 0.1) is 0 Å². The fourth-order valence-corrected chi connectivity index (χ4v) is 3.12. The number of amides is 1. The van der Waals surface area contributed by atoms with E-state index in [9.17, 15) is 4.79 Å². The molecule has 106 valence electrons. The van der Waals surface area contributed by atoms with E-state index in [2.05, 4.69) is 45.3 Å². The zero-order valence-corrected chi connectivity index (χ0v) is 12.7. The van der Waals surface area contributed by atoms with Gasteiger partial charge in [0.1, 0.15) is 0 Å². The summed E-state index contributed by atoms with van der Waals surface area (Å²) in [5.74, 6) is 0.184. The molecular weight excluding hydrogens is 224 g/mol. The van der Waals surface area contributed by atoms with Crippen LogP contribution in [0.25, 0.3) is 0 Å². The third kappa shape index (κ3) is 6.39. The Balaban J connectivity index is 2.38. The smallest absolute Gasteiger partial charge is 0.221 e. The first kappa shape index (κ1) is 15.5. The van der Waals surface area contributed by atoms with Gasteiger partial charge < -0.3 is 10.6 Å². The molecule has 0 aliphatic carbocycles. The summed E-state index contributed by atoms with van der Waals surface area (Å²) < 4.78 is 0. The number of hydrogen-bond donors (Lipinski definition) is 2. The van der Waals surface area contributed by atoms with Crippen LogP contribution in [0.3, 0.4) is 0 Å². The second-order valence-corrected chi connectivity index (χ2v) is 7.52. The number of carbonyl (C=O) groups excluding carboxylic acids is 1. The maximum Gasteiger partial charge on any atom is 0.221 e. The van der Waals surface area contributed by atoms with Crippen molar-refractivity contribution in [2.45, 2.75) is 78.3 Å². The number of rotatable bonds is 4. The van der Waals surface area contributed by atoms with Gasteiger partial charge in [-0.25, -0.2) is 0 Å². The van der Waals surface area contributed by atoms with Gasteiger partial charge in [0.15, 0.2) is 0 Å². The van der Waals surface area contributed by atoms with Gasteiger partial charge in [-0.2, -0.15) is 0 Å². The zero-order valence-electron chi connectivity index (χ0n) is 12.7. The van der Waals surface area contributed by atoms with E-state index in [-0.39, 0.29) is 16.9 Å².